The molecule has 1 saturated carbocycles. The highest BCUT2D eigenvalue weighted by Crippen LogP contribution is 2.73. The van der Waals surface area contributed by atoms with Gasteiger partial charge in [0.25, 0.3) is 0 Å². The molecule has 0 unspecified atom stereocenters. The minimum atomic E-state index is -0.492. The van der Waals surface area contributed by atoms with E-state index < -0.39 is 5.79 Å². The summed E-state index contributed by atoms with van der Waals surface area (Å²) in [5.41, 5.74) is -0.106. The molecule has 4 rings (SSSR count). The molecule has 2 saturated heterocycles. The van der Waals surface area contributed by atoms with E-state index in [0.717, 1.165) is 19.3 Å². The summed E-state index contributed by atoms with van der Waals surface area (Å²) < 4.78 is 18.4. The van der Waals surface area contributed by atoms with Gasteiger partial charge in [0.15, 0.2) is 6.29 Å². The summed E-state index contributed by atoms with van der Waals surface area (Å²) in [6.45, 7) is 6.64. The Labute approximate surface area is 102 Å². The average molecular weight is 236 g/mol. The molecule has 3 nitrogen and oxygen atoms in total. The first kappa shape index (κ1) is 10.4. The third kappa shape index (κ3) is 0.848. The molecule has 0 radical (unpaired) electrons. The first-order valence-corrected chi connectivity index (χ1v) is 6.66. The fraction of sp³-hybridized carbons (Fsp3) is 0.857. The Balaban J connectivity index is 1.97. The van der Waals surface area contributed by atoms with E-state index in [4.69, 9.17) is 14.2 Å². The Morgan fingerprint density at radius 3 is 2.76 bits per heavy atom. The van der Waals surface area contributed by atoms with Gasteiger partial charge >= 0.3 is 0 Å². The zero-order chi connectivity index (χ0) is 11.9. The van der Waals surface area contributed by atoms with E-state index in [2.05, 4.69) is 26.8 Å². The zero-order valence-corrected chi connectivity index (χ0v) is 10.8. The number of fused-ring (bicyclic) bond motifs is 1. The van der Waals surface area contributed by atoms with Crippen molar-refractivity contribution in [1.82, 2.24) is 0 Å². The van der Waals surface area contributed by atoms with Crippen molar-refractivity contribution in [2.75, 3.05) is 0 Å². The van der Waals surface area contributed by atoms with Gasteiger partial charge in [-0.1, -0.05) is 20.8 Å². The van der Waals surface area contributed by atoms with Gasteiger partial charge in [0.1, 0.15) is 5.60 Å². The van der Waals surface area contributed by atoms with Crippen molar-refractivity contribution in [2.24, 2.45) is 10.8 Å². The van der Waals surface area contributed by atoms with E-state index in [9.17, 15) is 0 Å². The van der Waals surface area contributed by atoms with Crippen LogP contribution in [0.4, 0.5) is 0 Å². The van der Waals surface area contributed by atoms with E-state index in [1.165, 1.54) is 6.42 Å². The largest absolute Gasteiger partial charge is 0.469 e. The molecule has 17 heavy (non-hydrogen) atoms. The van der Waals surface area contributed by atoms with Gasteiger partial charge < -0.3 is 14.2 Å². The van der Waals surface area contributed by atoms with Gasteiger partial charge in [-0.3, -0.25) is 0 Å². The van der Waals surface area contributed by atoms with E-state index in [-0.39, 0.29) is 22.7 Å². The summed E-state index contributed by atoms with van der Waals surface area (Å²) in [6.07, 6.45) is 8.37. The molecular weight excluding hydrogens is 216 g/mol. The van der Waals surface area contributed by atoms with Crippen molar-refractivity contribution in [2.45, 2.75) is 64.1 Å². The number of ether oxygens (including phenoxy) is 3. The lowest BCUT2D eigenvalue weighted by molar-refractivity contribution is -0.395. The van der Waals surface area contributed by atoms with Crippen molar-refractivity contribution >= 4 is 0 Å². The van der Waals surface area contributed by atoms with Gasteiger partial charge in [0, 0.05) is 11.8 Å². The standard InChI is InChI=1S/C14H20O3/c1-11(2,3)14-12-5-4-6-13(12,7-8-15-14)16-10(9-12)17-14/h7-8,10H,4-6,9H2,1-3H3/t10-,12+,13+,14+/m0/s1. The molecule has 2 bridgehead atoms. The van der Waals surface area contributed by atoms with Gasteiger partial charge in [-0.05, 0) is 25.3 Å². The topological polar surface area (TPSA) is 27.7 Å². The van der Waals surface area contributed by atoms with Crippen molar-refractivity contribution in [3.63, 3.8) is 0 Å². The molecule has 0 N–H and O–H groups in total. The van der Waals surface area contributed by atoms with Crippen LogP contribution in [-0.4, -0.2) is 17.7 Å². The van der Waals surface area contributed by atoms with E-state index in [0.29, 0.717) is 0 Å². The van der Waals surface area contributed by atoms with Crippen LogP contribution in [0.2, 0.25) is 0 Å². The van der Waals surface area contributed by atoms with Crippen molar-refractivity contribution in [3.05, 3.63) is 12.3 Å². The molecule has 4 atom stereocenters. The van der Waals surface area contributed by atoms with Crippen LogP contribution in [-0.2, 0) is 14.2 Å². The van der Waals surface area contributed by atoms with Crippen molar-refractivity contribution in [3.8, 4) is 0 Å². The van der Waals surface area contributed by atoms with Crippen LogP contribution in [0.15, 0.2) is 12.3 Å². The summed E-state index contributed by atoms with van der Waals surface area (Å²) in [5, 5.41) is 0. The Morgan fingerprint density at radius 1 is 1.18 bits per heavy atom. The normalized spacial score (nSPS) is 54.9. The predicted octanol–water partition coefficient (Wildman–Crippen LogP) is 2.96. The maximum Gasteiger partial charge on any atom is 0.225 e. The molecule has 94 valence electrons. The molecule has 3 aliphatic heterocycles. The number of rotatable bonds is 0. The van der Waals surface area contributed by atoms with Gasteiger partial charge in [0.2, 0.25) is 5.79 Å². The molecular formula is C14H20O3. The third-order valence-corrected chi connectivity index (χ3v) is 5.30. The summed E-state index contributed by atoms with van der Waals surface area (Å²) in [7, 11) is 0. The lowest BCUT2D eigenvalue weighted by Crippen LogP contribution is -2.66. The van der Waals surface area contributed by atoms with Gasteiger partial charge in [0.05, 0.1) is 11.7 Å². The number of hydrogen-bond acceptors (Lipinski definition) is 3. The third-order valence-electron chi connectivity index (χ3n) is 5.30. The van der Waals surface area contributed by atoms with Crippen LogP contribution < -0.4 is 0 Å². The summed E-state index contributed by atoms with van der Waals surface area (Å²) in [4.78, 5) is 0. The average Bonchev–Trinajstić information content (AvgIpc) is 2.75. The molecule has 3 heteroatoms. The highest BCUT2D eigenvalue weighted by Gasteiger charge is 2.81. The van der Waals surface area contributed by atoms with Crippen LogP contribution >= 0.6 is 0 Å². The van der Waals surface area contributed by atoms with Crippen LogP contribution in [0.25, 0.3) is 0 Å². The monoisotopic (exact) mass is 236 g/mol. The summed E-state index contributed by atoms with van der Waals surface area (Å²) in [5.74, 6) is -0.492. The molecule has 3 fully saturated rings. The van der Waals surface area contributed by atoms with Crippen LogP contribution in [0, 0.1) is 10.8 Å². The van der Waals surface area contributed by atoms with Gasteiger partial charge in [-0.25, -0.2) is 0 Å². The molecule has 1 aliphatic carbocycles. The van der Waals surface area contributed by atoms with Crippen LogP contribution in [0.3, 0.4) is 0 Å². The molecule has 4 aliphatic rings. The summed E-state index contributed by atoms with van der Waals surface area (Å²) >= 11 is 0. The highest BCUT2D eigenvalue weighted by atomic mass is 16.8. The minimum Gasteiger partial charge on any atom is -0.469 e. The SMILES string of the molecule is CC(C)(C)[C@]12OC=C[C@]34CCC[C@]13C[C@H](O2)O4. The van der Waals surface area contributed by atoms with Crippen LogP contribution in [0.1, 0.15) is 46.5 Å². The lowest BCUT2D eigenvalue weighted by Gasteiger charge is -2.57. The van der Waals surface area contributed by atoms with Crippen molar-refractivity contribution in [1.29, 1.82) is 0 Å². The first-order valence-electron chi connectivity index (χ1n) is 6.66. The fourth-order valence-corrected chi connectivity index (χ4v) is 4.79. The molecule has 3 heterocycles. The number of hydrogen-bond donors (Lipinski definition) is 0. The Bertz CT molecular complexity index is 410. The Hall–Kier alpha value is -0.540. The van der Waals surface area contributed by atoms with Crippen LogP contribution in [0.5, 0.6) is 0 Å². The lowest BCUT2D eigenvalue weighted by atomic mass is 9.60. The fourth-order valence-electron chi connectivity index (χ4n) is 4.79. The maximum absolute atomic E-state index is 6.19. The highest BCUT2D eigenvalue weighted by molar-refractivity contribution is 5.29. The second-order valence-electron chi connectivity index (χ2n) is 6.98. The second-order valence-corrected chi connectivity index (χ2v) is 6.98. The molecule has 0 aromatic rings. The summed E-state index contributed by atoms with van der Waals surface area (Å²) in [6, 6.07) is 0. The van der Waals surface area contributed by atoms with Crippen molar-refractivity contribution < 1.29 is 14.2 Å². The Kier molecular flexibility index (Phi) is 1.57. The second kappa shape index (κ2) is 2.57. The quantitative estimate of drug-likeness (QED) is 0.647. The Morgan fingerprint density at radius 2 is 2.00 bits per heavy atom. The predicted molar refractivity (Wildman–Crippen MR) is 62.0 cm³/mol. The molecule has 0 aromatic heterocycles. The van der Waals surface area contributed by atoms with E-state index in [1.807, 2.05) is 6.26 Å². The molecule has 1 spiro atoms. The van der Waals surface area contributed by atoms with E-state index >= 15 is 0 Å². The molecule has 0 amide bonds. The van der Waals surface area contributed by atoms with E-state index in [1.54, 1.807) is 0 Å². The zero-order valence-electron chi connectivity index (χ0n) is 10.8. The van der Waals surface area contributed by atoms with Gasteiger partial charge in [-0.2, -0.15) is 0 Å². The maximum atomic E-state index is 6.19. The van der Waals surface area contributed by atoms with Gasteiger partial charge in [-0.15, -0.1) is 0 Å². The smallest absolute Gasteiger partial charge is 0.225 e. The molecule has 0 aromatic carbocycles. The first-order chi connectivity index (χ1) is 7.95. The minimum absolute atomic E-state index is 0.0358.